The largest absolute Gasteiger partial charge is 0.395 e. The van der Waals surface area contributed by atoms with Crippen LogP contribution in [0.1, 0.15) is 15.9 Å². The van der Waals surface area contributed by atoms with E-state index in [9.17, 15) is 4.79 Å². The van der Waals surface area contributed by atoms with E-state index in [1.165, 1.54) is 4.90 Å². The van der Waals surface area contributed by atoms with Crippen LogP contribution in [0.2, 0.25) is 0 Å². The van der Waals surface area contributed by atoms with Crippen LogP contribution in [0.25, 0.3) is 0 Å². The molecular weight excluding hydrogens is 202 g/mol. The van der Waals surface area contributed by atoms with Crippen LogP contribution in [0.4, 0.5) is 0 Å². The van der Waals surface area contributed by atoms with E-state index < -0.39 is 0 Å². The molecule has 3 heteroatoms. The molecule has 0 heterocycles. The normalized spacial score (nSPS) is 9.56. The molecule has 0 saturated carbocycles. The van der Waals surface area contributed by atoms with Gasteiger partial charge in [-0.25, -0.2) is 0 Å². The van der Waals surface area contributed by atoms with Gasteiger partial charge in [0.2, 0.25) is 0 Å². The SMILES string of the molecule is C#CCN(CCO)C(=O)c1ccc(C)cc1. The van der Waals surface area contributed by atoms with E-state index in [2.05, 4.69) is 5.92 Å². The van der Waals surface area contributed by atoms with E-state index in [4.69, 9.17) is 11.5 Å². The molecule has 0 saturated heterocycles. The van der Waals surface area contributed by atoms with Crippen molar-refractivity contribution in [2.75, 3.05) is 19.7 Å². The summed E-state index contributed by atoms with van der Waals surface area (Å²) >= 11 is 0. The third-order valence-corrected chi connectivity index (χ3v) is 2.24. The van der Waals surface area contributed by atoms with E-state index in [-0.39, 0.29) is 25.6 Å². The molecule has 0 aliphatic rings. The second-order valence-corrected chi connectivity index (χ2v) is 3.52. The summed E-state index contributed by atoms with van der Waals surface area (Å²) < 4.78 is 0. The van der Waals surface area contributed by atoms with Crippen molar-refractivity contribution >= 4 is 5.91 Å². The summed E-state index contributed by atoms with van der Waals surface area (Å²) in [5, 5.41) is 8.84. The van der Waals surface area contributed by atoms with Crippen LogP contribution in [0.5, 0.6) is 0 Å². The summed E-state index contributed by atoms with van der Waals surface area (Å²) in [5.74, 6) is 2.26. The first-order valence-electron chi connectivity index (χ1n) is 5.09. The van der Waals surface area contributed by atoms with Gasteiger partial charge in [-0.2, -0.15) is 0 Å². The second-order valence-electron chi connectivity index (χ2n) is 3.52. The molecule has 0 spiro atoms. The molecule has 0 atom stereocenters. The minimum absolute atomic E-state index is 0.0840. The Kier molecular flexibility index (Phi) is 4.56. The second kappa shape index (κ2) is 5.94. The topological polar surface area (TPSA) is 40.5 Å². The Hall–Kier alpha value is -1.79. The molecule has 0 aromatic heterocycles. The average molecular weight is 217 g/mol. The van der Waals surface area contributed by atoms with E-state index in [1.807, 2.05) is 19.1 Å². The van der Waals surface area contributed by atoms with Crippen LogP contribution in [-0.2, 0) is 0 Å². The number of aliphatic hydroxyl groups is 1. The summed E-state index contributed by atoms with van der Waals surface area (Å²) in [6.07, 6.45) is 5.17. The summed E-state index contributed by atoms with van der Waals surface area (Å²) in [5.41, 5.74) is 1.69. The van der Waals surface area contributed by atoms with Gasteiger partial charge in [0.25, 0.3) is 5.91 Å². The van der Waals surface area contributed by atoms with Gasteiger partial charge in [-0.1, -0.05) is 23.6 Å². The predicted octanol–water partition coefficient (Wildman–Crippen LogP) is 1.06. The van der Waals surface area contributed by atoms with Crippen LogP contribution in [0.15, 0.2) is 24.3 Å². The van der Waals surface area contributed by atoms with Gasteiger partial charge in [0.15, 0.2) is 0 Å². The molecule has 0 unspecified atom stereocenters. The number of hydrogen-bond donors (Lipinski definition) is 1. The van der Waals surface area contributed by atoms with Crippen molar-refractivity contribution in [3.8, 4) is 12.3 Å². The number of carbonyl (C=O) groups is 1. The standard InChI is InChI=1S/C13H15NO2/c1-3-8-14(9-10-15)13(16)12-6-4-11(2)5-7-12/h1,4-7,15H,8-10H2,2H3. The summed E-state index contributed by atoms with van der Waals surface area (Å²) in [6.45, 7) is 2.35. The molecule has 1 aromatic rings. The van der Waals surface area contributed by atoms with Crippen molar-refractivity contribution in [2.24, 2.45) is 0 Å². The lowest BCUT2D eigenvalue weighted by atomic mass is 10.1. The Morgan fingerprint density at radius 1 is 1.44 bits per heavy atom. The van der Waals surface area contributed by atoms with Gasteiger partial charge in [0.05, 0.1) is 13.2 Å². The number of aliphatic hydroxyl groups excluding tert-OH is 1. The predicted molar refractivity (Wildman–Crippen MR) is 63.0 cm³/mol. The van der Waals surface area contributed by atoms with E-state index in [0.717, 1.165) is 5.56 Å². The molecule has 1 rings (SSSR count). The van der Waals surface area contributed by atoms with Crippen LogP contribution in [-0.4, -0.2) is 35.6 Å². The Labute approximate surface area is 95.7 Å². The molecule has 84 valence electrons. The molecule has 1 aromatic carbocycles. The lowest BCUT2D eigenvalue weighted by Crippen LogP contribution is -2.33. The van der Waals surface area contributed by atoms with E-state index in [0.29, 0.717) is 5.56 Å². The Bertz CT molecular complexity index is 389. The first-order valence-corrected chi connectivity index (χ1v) is 5.09. The van der Waals surface area contributed by atoms with Crippen molar-refractivity contribution in [1.82, 2.24) is 4.90 Å². The number of amides is 1. The van der Waals surface area contributed by atoms with Gasteiger partial charge in [-0.3, -0.25) is 4.79 Å². The van der Waals surface area contributed by atoms with Crippen molar-refractivity contribution in [2.45, 2.75) is 6.92 Å². The van der Waals surface area contributed by atoms with Crippen LogP contribution in [0.3, 0.4) is 0 Å². The number of rotatable bonds is 4. The Morgan fingerprint density at radius 3 is 2.56 bits per heavy atom. The molecular formula is C13H15NO2. The highest BCUT2D eigenvalue weighted by atomic mass is 16.3. The molecule has 0 fully saturated rings. The molecule has 1 N–H and O–H groups in total. The molecule has 3 nitrogen and oxygen atoms in total. The van der Waals surface area contributed by atoms with Crippen LogP contribution in [0, 0.1) is 19.3 Å². The molecule has 0 aliphatic heterocycles. The maximum atomic E-state index is 12.0. The minimum atomic E-state index is -0.146. The zero-order valence-electron chi connectivity index (χ0n) is 9.31. The third-order valence-electron chi connectivity index (χ3n) is 2.24. The summed E-state index contributed by atoms with van der Waals surface area (Å²) in [4.78, 5) is 13.4. The smallest absolute Gasteiger partial charge is 0.254 e. The Balaban J connectivity index is 2.82. The first-order chi connectivity index (χ1) is 7.69. The van der Waals surface area contributed by atoms with Crippen molar-refractivity contribution in [1.29, 1.82) is 0 Å². The fourth-order valence-corrected chi connectivity index (χ4v) is 1.36. The number of terminal acetylenes is 1. The van der Waals surface area contributed by atoms with E-state index in [1.54, 1.807) is 12.1 Å². The fraction of sp³-hybridized carbons (Fsp3) is 0.308. The zero-order valence-corrected chi connectivity index (χ0v) is 9.31. The van der Waals surface area contributed by atoms with Crippen LogP contribution < -0.4 is 0 Å². The van der Waals surface area contributed by atoms with Gasteiger partial charge < -0.3 is 10.0 Å². The maximum Gasteiger partial charge on any atom is 0.254 e. The molecule has 0 aliphatic carbocycles. The highest BCUT2D eigenvalue weighted by Crippen LogP contribution is 2.06. The van der Waals surface area contributed by atoms with Gasteiger partial charge >= 0.3 is 0 Å². The van der Waals surface area contributed by atoms with Gasteiger partial charge in [-0.15, -0.1) is 6.42 Å². The highest BCUT2D eigenvalue weighted by Gasteiger charge is 2.13. The first kappa shape index (κ1) is 12.3. The third kappa shape index (κ3) is 3.11. The highest BCUT2D eigenvalue weighted by molar-refractivity contribution is 5.94. The quantitative estimate of drug-likeness (QED) is 0.766. The van der Waals surface area contributed by atoms with Gasteiger partial charge in [0.1, 0.15) is 0 Å². The summed E-state index contributed by atoms with van der Waals surface area (Å²) in [6, 6.07) is 7.28. The number of hydrogen-bond acceptors (Lipinski definition) is 2. The van der Waals surface area contributed by atoms with Crippen molar-refractivity contribution in [3.63, 3.8) is 0 Å². The molecule has 16 heavy (non-hydrogen) atoms. The monoisotopic (exact) mass is 217 g/mol. The van der Waals surface area contributed by atoms with Crippen molar-refractivity contribution in [3.05, 3.63) is 35.4 Å². The van der Waals surface area contributed by atoms with Crippen LogP contribution >= 0.6 is 0 Å². The number of benzene rings is 1. The average Bonchev–Trinajstić information content (AvgIpc) is 2.29. The molecule has 1 amide bonds. The summed E-state index contributed by atoms with van der Waals surface area (Å²) in [7, 11) is 0. The molecule has 0 radical (unpaired) electrons. The zero-order chi connectivity index (χ0) is 12.0. The maximum absolute atomic E-state index is 12.0. The number of carbonyl (C=O) groups excluding carboxylic acids is 1. The van der Waals surface area contributed by atoms with Gasteiger partial charge in [0, 0.05) is 12.1 Å². The van der Waals surface area contributed by atoms with Gasteiger partial charge in [-0.05, 0) is 19.1 Å². The molecule has 0 bridgehead atoms. The Morgan fingerprint density at radius 2 is 2.06 bits per heavy atom. The minimum Gasteiger partial charge on any atom is -0.395 e. The van der Waals surface area contributed by atoms with E-state index >= 15 is 0 Å². The number of nitrogens with zero attached hydrogens (tertiary/aromatic N) is 1. The number of aryl methyl sites for hydroxylation is 1. The van der Waals surface area contributed by atoms with Crippen molar-refractivity contribution < 1.29 is 9.90 Å². The lowest BCUT2D eigenvalue weighted by Gasteiger charge is -2.18. The lowest BCUT2D eigenvalue weighted by molar-refractivity contribution is 0.0746. The fourth-order valence-electron chi connectivity index (χ4n) is 1.36.